The zero-order valence-corrected chi connectivity index (χ0v) is 17.8. The maximum Gasteiger partial charge on any atom is 0.294 e. The summed E-state index contributed by atoms with van der Waals surface area (Å²) in [5, 5.41) is 11.1. The van der Waals surface area contributed by atoms with Crippen molar-refractivity contribution in [2.45, 2.75) is 26.2 Å². The second-order valence-corrected chi connectivity index (χ2v) is 7.18. The van der Waals surface area contributed by atoms with Crippen LogP contribution in [0, 0.1) is 10.1 Å². The van der Waals surface area contributed by atoms with Gasteiger partial charge in [-0.1, -0.05) is 12.1 Å². The summed E-state index contributed by atoms with van der Waals surface area (Å²) in [6.45, 7) is 3.52. The minimum absolute atomic E-state index is 0.0809. The summed E-state index contributed by atoms with van der Waals surface area (Å²) in [6.07, 6.45) is 3.13. The molecule has 1 aliphatic heterocycles. The number of para-hydroxylation sites is 2. The first kappa shape index (κ1) is 22.9. The fourth-order valence-corrected chi connectivity index (χ4v) is 3.35. The Morgan fingerprint density at radius 2 is 1.81 bits per heavy atom. The number of rotatable bonds is 9. The number of hydrogen-bond donors (Lipinski definition) is 2. The van der Waals surface area contributed by atoms with Gasteiger partial charge >= 0.3 is 0 Å². The summed E-state index contributed by atoms with van der Waals surface area (Å²) in [6, 6.07) is 10.6. The highest BCUT2D eigenvalue weighted by atomic mass is 16.6. The van der Waals surface area contributed by atoms with E-state index in [4.69, 9.17) is 9.47 Å². The largest absolute Gasteiger partial charge is 0.490 e. The highest BCUT2D eigenvalue weighted by molar-refractivity contribution is 5.95. The van der Waals surface area contributed by atoms with E-state index in [9.17, 15) is 19.7 Å². The fraction of sp³-hybridized carbons (Fsp3) is 0.364. The maximum absolute atomic E-state index is 12.5. The molecule has 2 aromatic rings. The molecule has 1 aliphatic rings. The topological polar surface area (TPSA) is 123 Å². The lowest BCUT2D eigenvalue weighted by Gasteiger charge is -2.26. The Kier molecular flexibility index (Phi) is 7.85. The molecule has 10 nitrogen and oxygen atoms in total. The summed E-state index contributed by atoms with van der Waals surface area (Å²) in [7, 11) is 0. The number of nitro groups is 1. The molecule has 2 amide bonds. The zero-order valence-electron chi connectivity index (χ0n) is 17.8. The van der Waals surface area contributed by atoms with E-state index in [1.165, 1.54) is 30.3 Å². The summed E-state index contributed by atoms with van der Waals surface area (Å²) in [4.78, 5) is 37.2. The number of anilines is 1. The summed E-state index contributed by atoms with van der Waals surface area (Å²) < 4.78 is 11.3. The lowest BCUT2D eigenvalue weighted by molar-refractivity contribution is -0.384. The molecule has 2 N–H and O–H groups in total. The third-order valence-electron chi connectivity index (χ3n) is 4.98. The van der Waals surface area contributed by atoms with E-state index in [0.29, 0.717) is 18.1 Å². The maximum atomic E-state index is 12.5. The second-order valence-electron chi connectivity index (χ2n) is 7.18. The van der Waals surface area contributed by atoms with Gasteiger partial charge in [-0.15, -0.1) is 0 Å². The molecule has 0 saturated carbocycles. The van der Waals surface area contributed by atoms with Crippen molar-refractivity contribution in [1.29, 1.82) is 0 Å². The number of nitrogens with one attached hydrogen (secondary N) is 2. The molecule has 32 heavy (non-hydrogen) atoms. The average molecular weight is 442 g/mol. The number of likely N-dealkylation sites (tertiary alicyclic amines) is 1. The number of nitrogens with zero attached hydrogens (tertiary/aromatic N) is 2. The SMILES string of the molecule is CCOc1cc(C(=O)NNc2ccccc2[N+](=O)[O-])ccc1OCC(=O)N1CCCCC1. The van der Waals surface area contributed by atoms with Crippen LogP contribution in [0.4, 0.5) is 11.4 Å². The Labute approximate surface area is 185 Å². The van der Waals surface area contributed by atoms with Gasteiger partial charge in [0.1, 0.15) is 5.69 Å². The van der Waals surface area contributed by atoms with Crippen molar-refractivity contribution in [2.24, 2.45) is 0 Å². The monoisotopic (exact) mass is 442 g/mol. The van der Waals surface area contributed by atoms with Gasteiger partial charge in [0.15, 0.2) is 18.1 Å². The summed E-state index contributed by atoms with van der Waals surface area (Å²) >= 11 is 0. The Bertz CT molecular complexity index is 975. The van der Waals surface area contributed by atoms with Gasteiger partial charge in [-0.25, -0.2) is 0 Å². The van der Waals surface area contributed by atoms with E-state index in [0.717, 1.165) is 32.4 Å². The van der Waals surface area contributed by atoms with Crippen LogP contribution in [0.25, 0.3) is 0 Å². The minimum Gasteiger partial charge on any atom is -0.490 e. The molecule has 1 heterocycles. The lowest BCUT2D eigenvalue weighted by atomic mass is 10.1. The van der Waals surface area contributed by atoms with Gasteiger partial charge in [0.2, 0.25) is 0 Å². The van der Waals surface area contributed by atoms with Gasteiger partial charge in [-0.05, 0) is 50.5 Å². The van der Waals surface area contributed by atoms with E-state index in [1.807, 2.05) is 0 Å². The van der Waals surface area contributed by atoms with Crippen molar-refractivity contribution in [3.05, 3.63) is 58.1 Å². The molecule has 0 radical (unpaired) electrons. The second kappa shape index (κ2) is 11.0. The molecule has 0 unspecified atom stereocenters. The number of nitro benzene ring substituents is 1. The van der Waals surface area contributed by atoms with E-state index in [-0.39, 0.29) is 29.5 Å². The van der Waals surface area contributed by atoms with Crippen LogP contribution >= 0.6 is 0 Å². The summed E-state index contributed by atoms with van der Waals surface area (Å²) in [5.74, 6) is 0.0976. The molecule has 0 aliphatic carbocycles. The van der Waals surface area contributed by atoms with Gasteiger partial charge in [-0.3, -0.25) is 30.6 Å². The van der Waals surface area contributed by atoms with Crippen molar-refractivity contribution in [2.75, 3.05) is 31.7 Å². The van der Waals surface area contributed by atoms with Crippen LogP contribution in [0.3, 0.4) is 0 Å². The predicted molar refractivity (Wildman–Crippen MR) is 118 cm³/mol. The lowest BCUT2D eigenvalue weighted by Crippen LogP contribution is -2.38. The van der Waals surface area contributed by atoms with Crippen LogP contribution in [-0.2, 0) is 4.79 Å². The molecule has 0 atom stereocenters. The highest BCUT2D eigenvalue weighted by Crippen LogP contribution is 2.29. The van der Waals surface area contributed by atoms with Crippen LogP contribution in [0.5, 0.6) is 11.5 Å². The van der Waals surface area contributed by atoms with Crippen LogP contribution < -0.4 is 20.3 Å². The Balaban J connectivity index is 1.64. The normalized spacial score (nSPS) is 13.2. The van der Waals surface area contributed by atoms with Crippen molar-refractivity contribution >= 4 is 23.2 Å². The molecule has 170 valence electrons. The van der Waals surface area contributed by atoms with Crippen LogP contribution in [0.2, 0.25) is 0 Å². The standard InChI is InChI=1S/C22H26N4O6/c1-2-31-20-14-16(22(28)24-23-17-8-4-5-9-18(17)26(29)30)10-11-19(20)32-15-21(27)25-12-6-3-7-13-25/h4-5,8-11,14,23H,2-3,6-7,12-13,15H2,1H3,(H,24,28). The quantitative estimate of drug-likeness (QED) is 0.452. The number of carbonyl (C=O) groups is 2. The molecule has 0 aromatic heterocycles. The number of benzene rings is 2. The molecular weight excluding hydrogens is 416 g/mol. The minimum atomic E-state index is -0.543. The van der Waals surface area contributed by atoms with E-state index >= 15 is 0 Å². The smallest absolute Gasteiger partial charge is 0.294 e. The molecule has 3 rings (SSSR count). The number of piperidine rings is 1. The van der Waals surface area contributed by atoms with E-state index < -0.39 is 10.8 Å². The Morgan fingerprint density at radius 1 is 1.06 bits per heavy atom. The van der Waals surface area contributed by atoms with Crippen LogP contribution in [0.1, 0.15) is 36.5 Å². The zero-order chi connectivity index (χ0) is 22.9. The van der Waals surface area contributed by atoms with Crippen molar-refractivity contribution in [3.8, 4) is 11.5 Å². The number of hydrazine groups is 1. The number of carbonyl (C=O) groups excluding carboxylic acids is 2. The molecular formula is C22H26N4O6. The first-order valence-corrected chi connectivity index (χ1v) is 10.5. The molecule has 0 spiro atoms. The predicted octanol–water partition coefficient (Wildman–Crippen LogP) is 3.14. The van der Waals surface area contributed by atoms with Gasteiger partial charge in [-0.2, -0.15) is 0 Å². The number of hydrogen-bond acceptors (Lipinski definition) is 7. The molecule has 1 saturated heterocycles. The highest BCUT2D eigenvalue weighted by Gasteiger charge is 2.19. The first-order valence-electron chi connectivity index (χ1n) is 10.5. The van der Waals surface area contributed by atoms with Crippen molar-refractivity contribution in [3.63, 3.8) is 0 Å². The third-order valence-corrected chi connectivity index (χ3v) is 4.98. The van der Waals surface area contributed by atoms with E-state index in [2.05, 4.69) is 10.9 Å². The van der Waals surface area contributed by atoms with Crippen LogP contribution in [-0.4, -0.2) is 47.9 Å². The number of amides is 2. The summed E-state index contributed by atoms with van der Waals surface area (Å²) in [5.41, 5.74) is 5.27. The van der Waals surface area contributed by atoms with Gasteiger partial charge in [0, 0.05) is 24.7 Å². The fourth-order valence-electron chi connectivity index (χ4n) is 3.35. The molecule has 1 fully saturated rings. The first-order chi connectivity index (χ1) is 15.5. The third kappa shape index (κ3) is 5.87. The number of ether oxygens (including phenoxy) is 2. The van der Waals surface area contributed by atoms with E-state index in [1.54, 1.807) is 24.0 Å². The van der Waals surface area contributed by atoms with Gasteiger partial charge < -0.3 is 14.4 Å². The molecule has 2 aromatic carbocycles. The Morgan fingerprint density at radius 3 is 2.53 bits per heavy atom. The van der Waals surface area contributed by atoms with Crippen molar-refractivity contribution in [1.82, 2.24) is 10.3 Å². The van der Waals surface area contributed by atoms with Crippen LogP contribution in [0.15, 0.2) is 42.5 Å². The van der Waals surface area contributed by atoms with Crippen molar-refractivity contribution < 1.29 is 24.0 Å². The average Bonchev–Trinajstić information content (AvgIpc) is 2.82. The van der Waals surface area contributed by atoms with Gasteiger partial charge in [0.25, 0.3) is 17.5 Å². The molecule has 0 bridgehead atoms. The molecule has 10 heteroatoms. The Hall–Kier alpha value is -3.82. The van der Waals surface area contributed by atoms with Gasteiger partial charge in [0.05, 0.1) is 11.5 Å².